The van der Waals surface area contributed by atoms with E-state index in [1.54, 1.807) is 27.0 Å². The number of benzene rings is 1. The van der Waals surface area contributed by atoms with E-state index in [4.69, 9.17) is 9.47 Å². The van der Waals surface area contributed by atoms with Gasteiger partial charge < -0.3 is 9.47 Å². The van der Waals surface area contributed by atoms with E-state index in [-0.39, 0.29) is 5.97 Å². The fraction of sp³-hybridized carbons (Fsp3) is 0.375. The average molecular weight is 290 g/mol. The van der Waals surface area contributed by atoms with Gasteiger partial charge in [-0.25, -0.2) is 0 Å². The number of rotatable bonds is 7. The zero-order valence-corrected chi connectivity index (χ0v) is 13.0. The summed E-state index contributed by atoms with van der Waals surface area (Å²) in [6.07, 6.45) is 0. The van der Waals surface area contributed by atoms with Gasteiger partial charge in [-0.1, -0.05) is 6.58 Å². The zero-order valence-electron chi connectivity index (χ0n) is 13.0. The van der Waals surface area contributed by atoms with Gasteiger partial charge in [0.05, 0.1) is 19.9 Å². The number of nitrogens with one attached hydrogen (secondary N) is 1. The lowest BCUT2D eigenvalue weighted by molar-refractivity contribution is -0.147. The van der Waals surface area contributed by atoms with Gasteiger partial charge in [-0.2, -0.15) is 0 Å². The van der Waals surface area contributed by atoms with E-state index in [0.717, 1.165) is 11.1 Å². The Hall–Kier alpha value is -2.14. The van der Waals surface area contributed by atoms with Crippen LogP contribution < -0.4 is 10.1 Å². The monoisotopic (exact) mass is 290 g/mol. The van der Waals surface area contributed by atoms with Crippen LogP contribution in [-0.2, 0) is 9.53 Å². The fourth-order valence-electron chi connectivity index (χ4n) is 1.82. The fourth-order valence-corrected chi connectivity index (χ4v) is 1.82. The number of carbonyl (C=O) groups excluding carboxylic acids is 1. The van der Waals surface area contributed by atoms with E-state index in [1.807, 2.05) is 12.1 Å². The van der Waals surface area contributed by atoms with Crippen LogP contribution >= 0.6 is 0 Å². The maximum Gasteiger partial charge on any atom is 0.325 e. The minimum absolute atomic E-state index is 0.327. The molecule has 0 saturated heterocycles. The number of hydrogen-bond acceptors (Lipinski definition) is 5. The van der Waals surface area contributed by atoms with Crippen molar-refractivity contribution in [2.24, 2.45) is 4.99 Å². The first-order valence-corrected chi connectivity index (χ1v) is 6.52. The predicted octanol–water partition coefficient (Wildman–Crippen LogP) is 2.58. The van der Waals surface area contributed by atoms with Gasteiger partial charge in [0.2, 0.25) is 0 Å². The minimum Gasteiger partial charge on any atom is -0.497 e. The van der Waals surface area contributed by atoms with Gasteiger partial charge in [-0.15, -0.1) is 0 Å². The maximum absolute atomic E-state index is 11.6. The summed E-state index contributed by atoms with van der Waals surface area (Å²) in [7, 11) is 2.96. The molecule has 0 bridgehead atoms. The summed E-state index contributed by atoms with van der Waals surface area (Å²) in [6.45, 7) is 11.5. The third kappa shape index (κ3) is 4.16. The highest BCUT2D eigenvalue weighted by molar-refractivity contribution is 5.81. The van der Waals surface area contributed by atoms with Crippen LogP contribution in [-0.4, -0.2) is 39.0 Å². The number of ether oxygens (including phenoxy) is 2. The van der Waals surface area contributed by atoms with Crippen molar-refractivity contribution in [3.05, 3.63) is 30.3 Å². The minimum atomic E-state index is -0.786. The molecular weight excluding hydrogens is 268 g/mol. The molecule has 0 amide bonds. The van der Waals surface area contributed by atoms with Crippen molar-refractivity contribution in [1.82, 2.24) is 5.32 Å². The van der Waals surface area contributed by atoms with E-state index < -0.39 is 5.54 Å². The van der Waals surface area contributed by atoms with Gasteiger partial charge in [-0.3, -0.25) is 15.1 Å². The lowest BCUT2D eigenvalue weighted by atomic mass is 10.0. The molecule has 0 aliphatic rings. The Balaban J connectivity index is 2.85. The highest BCUT2D eigenvalue weighted by Gasteiger charge is 2.28. The maximum atomic E-state index is 11.6. The summed E-state index contributed by atoms with van der Waals surface area (Å²) in [5.74, 6) is 0.379. The Labute approximate surface area is 125 Å². The van der Waals surface area contributed by atoms with Gasteiger partial charge in [0.25, 0.3) is 0 Å². The molecule has 114 valence electrons. The molecule has 0 spiro atoms. The normalized spacial score (nSPS) is 10.9. The molecule has 0 heterocycles. The SMILES string of the molecule is C=Nc1cc(OC)ccc1C(=C)CNC(C)(C)C(=O)OC. The lowest BCUT2D eigenvalue weighted by Gasteiger charge is -2.24. The van der Waals surface area contributed by atoms with Crippen molar-refractivity contribution in [3.63, 3.8) is 0 Å². The van der Waals surface area contributed by atoms with Crippen LogP contribution in [0.15, 0.2) is 29.8 Å². The largest absolute Gasteiger partial charge is 0.497 e. The molecule has 0 fully saturated rings. The summed E-state index contributed by atoms with van der Waals surface area (Å²) in [6, 6.07) is 5.50. The van der Waals surface area contributed by atoms with Crippen LogP contribution in [0.5, 0.6) is 5.75 Å². The number of carbonyl (C=O) groups is 1. The number of esters is 1. The molecule has 1 rings (SSSR count). The molecule has 0 aliphatic carbocycles. The van der Waals surface area contributed by atoms with Crippen LogP contribution in [0.25, 0.3) is 5.57 Å². The van der Waals surface area contributed by atoms with Crippen LogP contribution in [0, 0.1) is 0 Å². The smallest absolute Gasteiger partial charge is 0.325 e. The van der Waals surface area contributed by atoms with Crippen LogP contribution in [0.2, 0.25) is 0 Å². The number of nitrogens with zero attached hydrogens (tertiary/aromatic N) is 1. The number of hydrogen-bond donors (Lipinski definition) is 1. The topological polar surface area (TPSA) is 59.9 Å². The molecule has 5 heteroatoms. The molecule has 5 nitrogen and oxygen atoms in total. The second kappa shape index (κ2) is 7.04. The Morgan fingerprint density at radius 1 is 1.38 bits per heavy atom. The van der Waals surface area contributed by atoms with Crippen molar-refractivity contribution in [2.45, 2.75) is 19.4 Å². The molecule has 1 aromatic rings. The molecule has 1 aromatic carbocycles. The Morgan fingerprint density at radius 3 is 2.57 bits per heavy atom. The van der Waals surface area contributed by atoms with Crippen LogP contribution in [0.1, 0.15) is 19.4 Å². The van der Waals surface area contributed by atoms with Crippen molar-refractivity contribution in [2.75, 3.05) is 20.8 Å². The van der Waals surface area contributed by atoms with E-state index in [0.29, 0.717) is 18.0 Å². The summed E-state index contributed by atoms with van der Waals surface area (Å²) in [5.41, 5.74) is 1.57. The molecule has 0 unspecified atom stereocenters. The van der Waals surface area contributed by atoms with Gasteiger partial charge >= 0.3 is 5.97 Å². The standard InChI is InChI=1S/C16H22N2O3/c1-11(10-18-16(2,3)15(19)21-6)13-8-7-12(20-5)9-14(13)17-4/h7-9,18H,1,4,10H2,2-3,5-6H3. The molecule has 1 N–H and O–H groups in total. The Kier molecular flexibility index (Phi) is 5.67. The van der Waals surface area contributed by atoms with Crippen molar-refractivity contribution < 1.29 is 14.3 Å². The zero-order chi connectivity index (χ0) is 16.0. The Morgan fingerprint density at radius 2 is 2.05 bits per heavy atom. The highest BCUT2D eigenvalue weighted by atomic mass is 16.5. The molecule has 0 radical (unpaired) electrons. The van der Waals surface area contributed by atoms with Gasteiger partial charge in [0, 0.05) is 18.2 Å². The second-order valence-electron chi connectivity index (χ2n) is 5.11. The molecular formula is C16H22N2O3. The first kappa shape index (κ1) is 16.9. The molecule has 0 saturated carbocycles. The first-order chi connectivity index (χ1) is 9.85. The number of aliphatic imine (C=N–C) groups is 1. The molecule has 0 atom stereocenters. The summed E-state index contributed by atoms with van der Waals surface area (Å²) in [4.78, 5) is 15.6. The lowest BCUT2D eigenvalue weighted by Crippen LogP contribution is -2.47. The van der Waals surface area contributed by atoms with Crippen molar-refractivity contribution in [3.8, 4) is 5.75 Å². The quantitative estimate of drug-likeness (QED) is 0.619. The van der Waals surface area contributed by atoms with Crippen molar-refractivity contribution in [1.29, 1.82) is 0 Å². The van der Waals surface area contributed by atoms with Crippen LogP contribution in [0.3, 0.4) is 0 Å². The van der Waals surface area contributed by atoms with Gasteiger partial charge in [0.15, 0.2) is 0 Å². The summed E-state index contributed by atoms with van der Waals surface area (Å²) in [5, 5.41) is 3.12. The third-order valence-electron chi connectivity index (χ3n) is 3.20. The Bertz CT molecular complexity index is 550. The van der Waals surface area contributed by atoms with E-state index in [9.17, 15) is 4.79 Å². The predicted molar refractivity (Wildman–Crippen MR) is 85.3 cm³/mol. The summed E-state index contributed by atoms with van der Waals surface area (Å²) < 4.78 is 9.91. The first-order valence-electron chi connectivity index (χ1n) is 6.52. The molecule has 0 aromatic heterocycles. The average Bonchev–Trinajstić information content (AvgIpc) is 2.50. The van der Waals surface area contributed by atoms with E-state index in [2.05, 4.69) is 23.6 Å². The molecule has 0 aliphatic heterocycles. The van der Waals surface area contributed by atoms with E-state index in [1.165, 1.54) is 7.11 Å². The molecule has 21 heavy (non-hydrogen) atoms. The van der Waals surface area contributed by atoms with E-state index >= 15 is 0 Å². The summed E-state index contributed by atoms with van der Waals surface area (Å²) >= 11 is 0. The highest BCUT2D eigenvalue weighted by Crippen LogP contribution is 2.29. The van der Waals surface area contributed by atoms with Gasteiger partial charge in [-0.05, 0) is 38.3 Å². The van der Waals surface area contributed by atoms with Crippen molar-refractivity contribution >= 4 is 23.9 Å². The van der Waals surface area contributed by atoms with Crippen LogP contribution in [0.4, 0.5) is 5.69 Å². The number of methoxy groups -OCH3 is 2. The second-order valence-corrected chi connectivity index (χ2v) is 5.11. The third-order valence-corrected chi connectivity index (χ3v) is 3.20. The van der Waals surface area contributed by atoms with Gasteiger partial charge in [0.1, 0.15) is 11.3 Å².